The number of para-hydroxylation sites is 1. The third kappa shape index (κ3) is 6.60. The van der Waals surface area contributed by atoms with Crippen LogP contribution in [-0.4, -0.2) is 38.6 Å². The maximum absolute atomic E-state index is 12.6. The normalized spacial score (nSPS) is 11.6. The molecule has 0 spiro atoms. The third-order valence-corrected chi connectivity index (χ3v) is 5.05. The Balaban J connectivity index is 2.25. The molecule has 0 unspecified atom stereocenters. The van der Waals surface area contributed by atoms with Crippen LogP contribution in [0.4, 0.5) is 11.4 Å². The van der Waals surface area contributed by atoms with Gasteiger partial charge in [-0.25, -0.2) is 8.42 Å². The second-order valence-electron chi connectivity index (χ2n) is 7.91. The van der Waals surface area contributed by atoms with Crippen LogP contribution < -0.4 is 14.9 Å². The highest BCUT2D eigenvalue weighted by atomic mass is 32.2. The van der Waals surface area contributed by atoms with Crippen LogP contribution in [0.1, 0.15) is 36.7 Å². The van der Waals surface area contributed by atoms with Crippen LogP contribution in [-0.2, 0) is 14.8 Å². The van der Waals surface area contributed by atoms with Crippen molar-refractivity contribution in [3.8, 4) is 0 Å². The summed E-state index contributed by atoms with van der Waals surface area (Å²) in [4.78, 5) is 25.2. The maximum Gasteiger partial charge on any atom is 0.253 e. The molecule has 0 aliphatic rings. The van der Waals surface area contributed by atoms with Gasteiger partial charge in [-0.1, -0.05) is 24.3 Å². The number of nitrogens with one attached hydrogen (secondary N) is 2. The van der Waals surface area contributed by atoms with Gasteiger partial charge in [0.15, 0.2) is 0 Å². The zero-order valence-electron chi connectivity index (χ0n) is 17.3. The van der Waals surface area contributed by atoms with Crippen molar-refractivity contribution >= 4 is 33.2 Å². The monoisotopic (exact) mass is 417 g/mol. The molecule has 0 saturated heterocycles. The lowest BCUT2D eigenvalue weighted by atomic mass is 10.1. The topological polar surface area (TPSA) is 95.6 Å². The summed E-state index contributed by atoms with van der Waals surface area (Å²) < 4.78 is 25.5. The van der Waals surface area contributed by atoms with Gasteiger partial charge in [-0.3, -0.25) is 13.9 Å². The minimum atomic E-state index is -3.68. The van der Waals surface area contributed by atoms with Gasteiger partial charge in [-0.15, -0.1) is 0 Å². The second-order valence-corrected chi connectivity index (χ2v) is 9.81. The molecule has 2 amide bonds. The van der Waals surface area contributed by atoms with Crippen LogP contribution in [0.5, 0.6) is 0 Å². The Labute approximate surface area is 172 Å². The van der Waals surface area contributed by atoms with Crippen molar-refractivity contribution in [3.05, 3.63) is 59.7 Å². The number of aryl methyl sites for hydroxylation is 1. The van der Waals surface area contributed by atoms with Crippen molar-refractivity contribution in [2.75, 3.05) is 22.4 Å². The Morgan fingerprint density at radius 1 is 1.03 bits per heavy atom. The molecule has 0 radical (unpaired) electrons. The highest BCUT2D eigenvalue weighted by Gasteiger charge is 2.23. The van der Waals surface area contributed by atoms with E-state index >= 15 is 0 Å². The molecule has 2 aromatic carbocycles. The fourth-order valence-electron chi connectivity index (χ4n) is 2.70. The van der Waals surface area contributed by atoms with Crippen molar-refractivity contribution < 1.29 is 18.0 Å². The number of hydrogen-bond acceptors (Lipinski definition) is 4. The number of carbonyl (C=O) groups excluding carboxylic acids is 2. The van der Waals surface area contributed by atoms with Gasteiger partial charge in [-0.05, 0) is 57.5 Å². The van der Waals surface area contributed by atoms with Gasteiger partial charge < -0.3 is 10.6 Å². The highest BCUT2D eigenvalue weighted by molar-refractivity contribution is 7.92. The molecule has 8 heteroatoms. The van der Waals surface area contributed by atoms with Gasteiger partial charge >= 0.3 is 0 Å². The van der Waals surface area contributed by atoms with E-state index in [1.54, 1.807) is 42.5 Å². The molecule has 2 N–H and O–H groups in total. The second kappa shape index (κ2) is 8.65. The molecule has 29 heavy (non-hydrogen) atoms. The fraction of sp³-hybridized carbons (Fsp3) is 0.333. The van der Waals surface area contributed by atoms with Crippen molar-refractivity contribution in [2.24, 2.45) is 0 Å². The van der Waals surface area contributed by atoms with E-state index in [4.69, 9.17) is 0 Å². The first-order valence-corrected chi connectivity index (χ1v) is 11.0. The molecule has 0 aliphatic heterocycles. The van der Waals surface area contributed by atoms with E-state index < -0.39 is 28.0 Å². The van der Waals surface area contributed by atoms with Gasteiger partial charge in [0.1, 0.15) is 6.54 Å². The Kier molecular flexibility index (Phi) is 6.69. The lowest BCUT2D eigenvalue weighted by molar-refractivity contribution is -0.114. The highest BCUT2D eigenvalue weighted by Crippen LogP contribution is 2.20. The molecule has 156 valence electrons. The van der Waals surface area contributed by atoms with Gasteiger partial charge in [0, 0.05) is 5.54 Å². The average Bonchev–Trinajstić information content (AvgIpc) is 2.57. The van der Waals surface area contributed by atoms with Gasteiger partial charge in [0.25, 0.3) is 5.91 Å². The molecule has 0 aromatic heterocycles. The minimum absolute atomic E-state index is 0.303. The average molecular weight is 418 g/mol. The molecule has 2 rings (SSSR count). The smallest absolute Gasteiger partial charge is 0.253 e. The van der Waals surface area contributed by atoms with Crippen molar-refractivity contribution in [1.29, 1.82) is 0 Å². The summed E-state index contributed by atoms with van der Waals surface area (Å²) >= 11 is 0. The summed E-state index contributed by atoms with van der Waals surface area (Å²) in [5.74, 6) is -0.875. The number of amides is 2. The Morgan fingerprint density at radius 2 is 1.69 bits per heavy atom. The first-order chi connectivity index (χ1) is 13.4. The number of rotatable bonds is 6. The summed E-state index contributed by atoms with van der Waals surface area (Å²) in [6.07, 6.45) is 1.05. The Hall–Kier alpha value is -2.87. The van der Waals surface area contributed by atoms with Crippen LogP contribution >= 0.6 is 0 Å². The first kappa shape index (κ1) is 22.4. The lowest BCUT2D eigenvalue weighted by Crippen LogP contribution is -2.41. The zero-order valence-corrected chi connectivity index (χ0v) is 18.1. The molecule has 0 atom stereocenters. The number of benzene rings is 2. The summed E-state index contributed by atoms with van der Waals surface area (Å²) in [5, 5.41) is 5.51. The minimum Gasteiger partial charge on any atom is -0.347 e. The predicted octanol–water partition coefficient (Wildman–Crippen LogP) is 2.93. The fourth-order valence-corrected chi connectivity index (χ4v) is 3.55. The molecular weight excluding hydrogens is 390 g/mol. The van der Waals surface area contributed by atoms with E-state index in [1.165, 1.54) is 0 Å². The third-order valence-electron chi connectivity index (χ3n) is 3.91. The molecular formula is C21H27N3O4S. The van der Waals surface area contributed by atoms with Crippen molar-refractivity contribution in [1.82, 2.24) is 5.32 Å². The molecule has 0 bridgehead atoms. The first-order valence-electron chi connectivity index (χ1n) is 9.12. The van der Waals surface area contributed by atoms with Crippen LogP contribution in [0.2, 0.25) is 0 Å². The Morgan fingerprint density at radius 3 is 2.28 bits per heavy atom. The summed E-state index contributed by atoms with van der Waals surface area (Å²) in [5.41, 5.74) is 1.46. The van der Waals surface area contributed by atoms with Crippen molar-refractivity contribution in [2.45, 2.75) is 33.2 Å². The molecule has 7 nitrogen and oxygen atoms in total. The molecule has 0 aliphatic carbocycles. The Bertz CT molecular complexity index is 1010. The van der Waals surface area contributed by atoms with E-state index in [2.05, 4.69) is 10.6 Å². The van der Waals surface area contributed by atoms with E-state index in [-0.39, 0.29) is 5.91 Å². The summed E-state index contributed by atoms with van der Waals surface area (Å²) in [7, 11) is -3.68. The molecule has 0 saturated carbocycles. The number of nitrogens with zero attached hydrogens (tertiary/aromatic N) is 1. The van der Waals surface area contributed by atoms with Crippen LogP contribution in [0.3, 0.4) is 0 Å². The van der Waals surface area contributed by atoms with Crippen LogP contribution in [0.15, 0.2) is 48.5 Å². The molecule has 0 fully saturated rings. The molecule has 0 heterocycles. The van der Waals surface area contributed by atoms with E-state index in [9.17, 15) is 18.0 Å². The molecule has 2 aromatic rings. The quantitative estimate of drug-likeness (QED) is 0.755. The van der Waals surface area contributed by atoms with E-state index in [1.807, 2.05) is 33.8 Å². The predicted molar refractivity (Wildman–Crippen MR) is 116 cm³/mol. The largest absolute Gasteiger partial charge is 0.347 e. The van der Waals surface area contributed by atoms with Gasteiger partial charge in [0.05, 0.1) is 23.2 Å². The van der Waals surface area contributed by atoms with Crippen LogP contribution in [0, 0.1) is 6.92 Å². The standard InChI is InChI=1S/C21H27N3O4S/c1-15-9-8-10-16(13-15)24(29(5,27)28)14-19(25)22-18-12-7-6-11-17(18)20(26)23-21(2,3)4/h6-13H,14H2,1-5H3,(H,22,25)(H,23,26). The zero-order chi connectivity index (χ0) is 21.8. The van der Waals surface area contributed by atoms with Gasteiger partial charge in [-0.2, -0.15) is 0 Å². The lowest BCUT2D eigenvalue weighted by Gasteiger charge is -2.23. The number of sulfonamides is 1. The number of hydrogen-bond donors (Lipinski definition) is 2. The van der Waals surface area contributed by atoms with E-state index in [0.29, 0.717) is 16.9 Å². The van der Waals surface area contributed by atoms with Gasteiger partial charge in [0.2, 0.25) is 15.9 Å². The SMILES string of the molecule is Cc1cccc(N(CC(=O)Nc2ccccc2C(=O)NC(C)(C)C)S(C)(=O)=O)c1. The number of carbonyl (C=O) groups is 2. The van der Waals surface area contributed by atoms with Crippen molar-refractivity contribution in [3.63, 3.8) is 0 Å². The summed E-state index contributed by atoms with van der Waals surface area (Å²) in [6, 6.07) is 13.5. The summed E-state index contributed by atoms with van der Waals surface area (Å²) in [6.45, 7) is 7.01. The maximum atomic E-state index is 12.6. The van der Waals surface area contributed by atoms with E-state index in [0.717, 1.165) is 16.1 Å². The number of anilines is 2. The van der Waals surface area contributed by atoms with Crippen LogP contribution in [0.25, 0.3) is 0 Å².